The summed E-state index contributed by atoms with van der Waals surface area (Å²) in [5.41, 5.74) is 0. The Morgan fingerprint density at radius 1 is 0.406 bits per heavy atom. The van der Waals surface area contributed by atoms with Gasteiger partial charge in [-0.15, -0.1) is 0 Å². The fourth-order valence-electron chi connectivity index (χ4n) is 10.1. The van der Waals surface area contributed by atoms with Gasteiger partial charge in [0.15, 0.2) is 0 Å². The summed E-state index contributed by atoms with van der Waals surface area (Å²) in [5, 5.41) is 23.9. The van der Waals surface area contributed by atoms with Crippen molar-refractivity contribution < 1.29 is 24.5 Å². The minimum Gasteiger partial charge on any atom is -0.462 e. The molecule has 69 heavy (non-hydrogen) atoms. The number of nitrogens with one attached hydrogen (secondary N) is 1. The Labute approximate surface area is 431 Å². The number of hydrogen-bond donors (Lipinski definition) is 3. The molecule has 0 bridgehead atoms. The summed E-state index contributed by atoms with van der Waals surface area (Å²) in [6.07, 6.45) is 67.2. The minimum atomic E-state index is -0.787. The number of carbonyl (C=O) groups excluding carboxylic acids is 2. The third-order valence-electron chi connectivity index (χ3n) is 14.8. The van der Waals surface area contributed by atoms with Crippen LogP contribution in [0.15, 0.2) is 12.2 Å². The zero-order valence-electron chi connectivity index (χ0n) is 47.0. The lowest BCUT2D eigenvalue weighted by Crippen LogP contribution is -2.46. The zero-order chi connectivity index (χ0) is 50.2. The Bertz CT molecular complexity index is 1050. The van der Waals surface area contributed by atoms with E-state index in [1.54, 1.807) is 0 Å². The molecule has 6 nitrogen and oxygen atoms in total. The quantitative estimate of drug-likeness (QED) is 0.0321. The highest BCUT2D eigenvalue weighted by Gasteiger charge is 2.24. The number of rotatable bonds is 58. The van der Waals surface area contributed by atoms with Gasteiger partial charge in [-0.1, -0.05) is 303 Å². The van der Waals surface area contributed by atoms with Crippen LogP contribution in [0, 0.1) is 0 Å². The molecule has 3 unspecified atom stereocenters. The number of allylic oxidation sites excluding steroid dienone is 2. The second-order valence-corrected chi connectivity index (χ2v) is 21.8. The minimum absolute atomic E-state index is 0.0752. The van der Waals surface area contributed by atoms with Crippen LogP contribution < -0.4 is 5.32 Å². The molecule has 0 rings (SSSR count). The van der Waals surface area contributed by atoms with E-state index in [9.17, 15) is 19.8 Å². The molecule has 3 N–H and O–H groups in total. The highest BCUT2D eigenvalue weighted by molar-refractivity contribution is 5.77. The van der Waals surface area contributed by atoms with Crippen molar-refractivity contribution in [2.75, 3.05) is 6.61 Å². The summed E-state index contributed by atoms with van der Waals surface area (Å²) in [4.78, 5) is 26.4. The predicted octanol–water partition coefficient (Wildman–Crippen LogP) is 19.6. The molecule has 0 fully saturated rings. The molecule has 0 aromatic carbocycles. The predicted molar refractivity (Wildman–Crippen MR) is 301 cm³/mol. The first-order valence-corrected chi connectivity index (χ1v) is 31.4. The molecule has 0 aromatic rings. The molecule has 410 valence electrons. The Hall–Kier alpha value is -1.40. The van der Waals surface area contributed by atoms with Gasteiger partial charge in [0.1, 0.15) is 6.10 Å². The molecule has 6 heteroatoms. The van der Waals surface area contributed by atoms with E-state index in [2.05, 4.69) is 38.2 Å². The number of aliphatic hydroxyl groups is 2. The van der Waals surface area contributed by atoms with Gasteiger partial charge in [-0.2, -0.15) is 0 Å². The van der Waals surface area contributed by atoms with Crippen LogP contribution in [-0.2, 0) is 14.3 Å². The Morgan fingerprint density at radius 3 is 1.04 bits per heavy atom. The molecule has 0 aromatic heterocycles. The molecular weight excluding hydrogens is 851 g/mol. The molecule has 0 heterocycles. The summed E-state index contributed by atoms with van der Waals surface area (Å²) in [5.74, 6) is -0.462. The van der Waals surface area contributed by atoms with Gasteiger partial charge < -0.3 is 20.3 Å². The topological polar surface area (TPSA) is 95.9 Å². The standard InChI is InChI=1S/C63H123NO5/c1-4-7-10-13-16-19-22-25-28-30-31-32-35-38-41-44-47-50-53-56-63(68)69-59(54-51-48-45-42-39-36-34-29-26-23-20-17-14-11-8-5-2)57-62(67)64-60(58-65)61(66)55-52-49-46-43-40-37-33-27-24-21-18-15-12-9-6-3/h36,39,59-61,65-66H,4-35,37-38,40-58H2,1-3H3,(H,64,67)/b39-36+. The highest BCUT2D eigenvalue weighted by Crippen LogP contribution is 2.19. The summed E-state index contributed by atoms with van der Waals surface area (Å²) in [6.45, 7) is 6.54. The third-order valence-corrected chi connectivity index (χ3v) is 14.8. The van der Waals surface area contributed by atoms with E-state index in [1.807, 2.05) is 0 Å². The number of ether oxygens (including phenoxy) is 1. The smallest absolute Gasteiger partial charge is 0.306 e. The maximum absolute atomic E-state index is 13.3. The summed E-state index contributed by atoms with van der Waals surface area (Å²) in [6, 6.07) is -0.702. The van der Waals surface area contributed by atoms with E-state index < -0.39 is 18.2 Å². The van der Waals surface area contributed by atoms with Crippen LogP contribution in [0.3, 0.4) is 0 Å². The Kier molecular flexibility index (Phi) is 56.3. The zero-order valence-corrected chi connectivity index (χ0v) is 47.0. The van der Waals surface area contributed by atoms with Gasteiger partial charge in [0, 0.05) is 6.42 Å². The maximum Gasteiger partial charge on any atom is 0.306 e. The largest absolute Gasteiger partial charge is 0.462 e. The number of unbranched alkanes of at least 4 members (excludes halogenated alkanes) is 44. The number of hydrogen-bond acceptors (Lipinski definition) is 5. The van der Waals surface area contributed by atoms with Crippen molar-refractivity contribution in [2.24, 2.45) is 0 Å². The fourth-order valence-corrected chi connectivity index (χ4v) is 10.1. The van der Waals surface area contributed by atoms with Crippen LogP contribution in [0.4, 0.5) is 0 Å². The molecular formula is C63H123NO5. The second kappa shape index (κ2) is 57.5. The first kappa shape index (κ1) is 67.6. The van der Waals surface area contributed by atoms with E-state index in [4.69, 9.17) is 4.74 Å². The average molecular weight is 975 g/mol. The summed E-state index contributed by atoms with van der Waals surface area (Å²) < 4.78 is 5.98. The molecule has 3 atom stereocenters. The van der Waals surface area contributed by atoms with Crippen LogP contribution in [0.2, 0.25) is 0 Å². The van der Waals surface area contributed by atoms with Gasteiger partial charge in [0.2, 0.25) is 5.91 Å². The van der Waals surface area contributed by atoms with Gasteiger partial charge in [-0.05, 0) is 51.4 Å². The molecule has 1 amide bonds. The van der Waals surface area contributed by atoms with Crippen LogP contribution in [0.1, 0.15) is 355 Å². The lowest BCUT2D eigenvalue weighted by molar-refractivity contribution is -0.151. The van der Waals surface area contributed by atoms with Crippen molar-refractivity contribution >= 4 is 11.9 Å². The maximum atomic E-state index is 13.3. The SMILES string of the molecule is CCCCCCCCCCC/C=C/CCCCCC(CC(=O)NC(CO)C(O)CCCCCCCCCCCCCCCCC)OC(=O)CCCCCCCCCCCCCCCCCCCCC. The molecule has 0 aliphatic carbocycles. The van der Waals surface area contributed by atoms with E-state index in [0.717, 1.165) is 57.8 Å². The van der Waals surface area contributed by atoms with Crippen LogP contribution in [-0.4, -0.2) is 46.9 Å². The van der Waals surface area contributed by atoms with E-state index >= 15 is 0 Å². The van der Waals surface area contributed by atoms with E-state index in [0.29, 0.717) is 19.3 Å². The van der Waals surface area contributed by atoms with Crippen molar-refractivity contribution in [3.05, 3.63) is 12.2 Å². The molecule has 0 saturated heterocycles. The van der Waals surface area contributed by atoms with Gasteiger partial charge in [0.05, 0.1) is 25.2 Å². The Balaban J connectivity index is 4.49. The number of aliphatic hydroxyl groups excluding tert-OH is 2. The second-order valence-electron chi connectivity index (χ2n) is 21.8. The fraction of sp³-hybridized carbons (Fsp3) is 0.937. The third kappa shape index (κ3) is 52.7. The molecule has 0 aliphatic heterocycles. The molecule has 0 radical (unpaired) electrons. The number of esters is 1. The van der Waals surface area contributed by atoms with Gasteiger partial charge in [-0.25, -0.2) is 0 Å². The average Bonchev–Trinajstić information content (AvgIpc) is 3.34. The van der Waals surface area contributed by atoms with Crippen molar-refractivity contribution in [1.29, 1.82) is 0 Å². The summed E-state index contributed by atoms with van der Waals surface area (Å²) >= 11 is 0. The van der Waals surface area contributed by atoms with Crippen molar-refractivity contribution in [3.8, 4) is 0 Å². The van der Waals surface area contributed by atoms with Crippen molar-refractivity contribution in [1.82, 2.24) is 5.32 Å². The van der Waals surface area contributed by atoms with Crippen LogP contribution >= 0.6 is 0 Å². The monoisotopic (exact) mass is 974 g/mol. The van der Waals surface area contributed by atoms with E-state index in [-0.39, 0.29) is 24.9 Å². The normalized spacial score (nSPS) is 13.1. The lowest BCUT2D eigenvalue weighted by Gasteiger charge is -2.24. The Morgan fingerprint density at radius 2 is 0.696 bits per heavy atom. The van der Waals surface area contributed by atoms with Crippen molar-refractivity contribution in [2.45, 2.75) is 373 Å². The number of carbonyl (C=O) groups is 2. The lowest BCUT2D eigenvalue weighted by atomic mass is 10.0. The summed E-state index contributed by atoms with van der Waals surface area (Å²) in [7, 11) is 0. The molecule has 0 saturated carbocycles. The van der Waals surface area contributed by atoms with Gasteiger partial charge >= 0.3 is 5.97 Å². The highest BCUT2D eigenvalue weighted by atomic mass is 16.5. The first-order chi connectivity index (χ1) is 34.0. The van der Waals surface area contributed by atoms with Crippen LogP contribution in [0.25, 0.3) is 0 Å². The van der Waals surface area contributed by atoms with Gasteiger partial charge in [-0.3, -0.25) is 9.59 Å². The number of amides is 1. The first-order valence-electron chi connectivity index (χ1n) is 31.4. The molecule has 0 spiro atoms. The molecule has 0 aliphatic rings. The van der Waals surface area contributed by atoms with Crippen LogP contribution in [0.5, 0.6) is 0 Å². The van der Waals surface area contributed by atoms with E-state index in [1.165, 1.54) is 250 Å². The van der Waals surface area contributed by atoms with Crippen molar-refractivity contribution in [3.63, 3.8) is 0 Å². The van der Waals surface area contributed by atoms with Gasteiger partial charge in [0.25, 0.3) is 0 Å².